The lowest BCUT2D eigenvalue weighted by molar-refractivity contribution is 0.451. The maximum absolute atomic E-state index is 11.0. The van der Waals surface area contributed by atoms with Crippen molar-refractivity contribution >= 4 is 11.3 Å². The minimum Gasteiger partial charge on any atom is -0.494 e. The second-order valence-corrected chi connectivity index (χ2v) is 4.52. The second-order valence-electron chi connectivity index (χ2n) is 3.45. The molecule has 0 spiro atoms. The second kappa shape index (κ2) is 3.90. The molecule has 0 bridgehead atoms. The number of nitrogens with one attached hydrogen (secondary N) is 1. The van der Waals surface area contributed by atoms with Gasteiger partial charge in [0.2, 0.25) is 5.88 Å². The Kier molecular flexibility index (Phi) is 2.60. The Balaban J connectivity index is 2.25. The van der Waals surface area contributed by atoms with E-state index >= 15 is 0 Å². The fraction of sp³-hybridized carbons (Fsp3) is 0.182. The molecule has 0 aliphatic heterocycles. The molecule has 0 radical (unpaired) electrons. The molecule has 3 nitrogen and oxygen atoms in total. The summed E-state index contributed by atoms with van der Waals surface area (Å²) in [7, 11) is 0. The van der Waals surface area contributed by atoms with Crippen molar-refractivity contribution in [3.05, 3.63) is 49.9 Å². The topological polar surface area (TPSA) is 53.1 Å². The van der Waals surface area contributed by atoms with E-state index in [4.69, 9.17) is 0 Å². The molecule has 0 fully saturated rings. The van der Waals surface area contributed by atoms with Crippen LogP contribution in [-0.4, -0.2) is 10.1 Å². The summed E-state index contributed by atoms with van der Waals surface area (Å²) in [5, 5.41) is 9.40. The standard InChI is InChI=1S/C11H11NO2S/c1-7-2-4-8(5-3-7)6-9-10(13)12-11(14)15-9/h2-5,13H,6H2,1H3,(H,12,14). The van der Waals surface area contributed by atoms with Gasteiger partial charge in [-0.05, 0) is 12.5 Å². The molecule has 0 saturated heterocycles. The number of hydrogen-bond donors (Lipinski definition) is 2. The lowest BCUT2D eigenvalue weighted by atomic mass is 10.1. The molecule has 78 valence electrons. The zero-order valence-corrected chi connectivity index (χ0v) is 9.10. The molecule has 0 unspecified atom stereocenters. The Morgan fingerprint density at radius 1 is 1.33 bits per heavy atom. The number of benzene rings is 1. The normalized spacial score (nSPS) is 10.5. The zero-order chi connectivity index (χ0) is 10.8. The number of aromatic nitrogens is 1. The fourth-order valence-corrected chi connectivity index (χ4v) is 2.12. The summed E-state index contributed by atoms with van der Waals surface area (Å²) in [6.45, 7) is 2.02. The lowest BCUT2D eigenvalue weighted by Crippen LogP contribution is -1.89. The highest BCUT2D eigenvalue weighted by molar-refractivity contribution is 7.09. The highest BCUT2D eigenvalue weighted by Crippen LogP contribution is 2.20. The fourth-order valence-electron chi connectivity index (χ4n) is 1.36. The lowest BCUT2D eigenvalue weighted by Gasteiger charge is -1.99. The molecule has 2 N–H and O–H groups in total. The van der Waals surface area contributed by atoms with E-state index in [1.165, 1.54) is 5.56 Å². The molecule has 15 heavy (non-hydrogen) atoms. The summed E-state index contributed by atoms with van der Waals surface area (Å²) in [6.07, 6.45) is 0.593. The third-order valence-corrected chi connectivity index (χ3v) is 3.06. The number of aromatic hydroxyl groups is 1. The molecular formula is C11H11NO2S. The Morgan fingerprint density at radius 3 is 2.53 bits per heavy atom. The first-order valence-electron chi connectivity index (χ1n) is 4.61. The molecule has 1 heterocycles. The van der Waals surface area contributed by atoms with E-state index in [1.54, 1.807) is 0 Å². The van der Waals surface area contributed by atoms with Crippen LogP contribution in [0.1, 0.15) is 16.0 Å². The molecule has 0 saturated carbocycles. The van der Waals surface area contributed by atoms with E-state index in [-0.39, 0.29) is 10.8 Å². The van der Waals surface area contributed by atoms with Gasteiger partial charge in [0.05, 0.1) is 4.88 Å². The first-order chi connectivity index (χ1) is 7.15. The van der Waals surface area contributed by atoms with Crippen LogP contribution in [0.25, 0.3) is 0 Å². The predicted molar refractivity (Wildman–Crippen MR) is 60.6 cm³/mol. The summed E-state index contributed by atoms with van der Waals surface area (Å²) < 4.78 is 0. The van der Waals surface area contributed by atoms with Crippen molar-refractivity contribution in [2.24, 2.45) is 0 Å². The minimum atomic E-state index is -0.213. The molecule has 0 amide bonds. The maximum atomic E-state index is 11.0. The van der Waals surface area contributed by atoms with Crippen molar-refractivity contribution < 1.29 is 5.11 Å². The summed E-state index contributed by atoms with van der Waals surface area (Å²) in [5.74, 6) is -0.00873. The highest BCUT2D eigenvalue weighted by Gasteiger charge is 2.06. The molecule has 2 aromatic rings. The predicted octanol–water partition coefficient (Wildman–Crippen LogP) is 2.04. The summed E-state index contributed by atoms with van der Waals surface area (Å²) in [4.78, 5) is 13.8. The Hall–Kier alpha value is -1.55. The van der Waals surface area contributed by atoms with Crippen LogP contribution >= 0.6 is 11.3 Å². The van der Waals surface area contributed by atoms with Crippen molar-refractivity contribution in [1.82, 2.24) is 4.98 Å². The van der Waals surface area contributed by atoms with Gasteiger partial charge < -0.3 is 5.11 Å². The van der Waals surface area contributed by atoms with Gasteiger partial charge in [-0.15, -0.1) is 0 Å². The molecule has 0 atom stereocenters. The first-order valence-corrected chi connectivity index (χ1v) is 5.43. The van der Waals surface area contributed by atoms with E-state index in [2.05, 4.69) is 4.98 Å². The van der Waals surface area contributed by atoms with Gasteiger partial charge in [0.25, 0.3) is 0 Å². The largest absolute Gasteiger partial charge is 0.494 e. The number of aryl methyl sites for hydroxylation is 1. The van der Waals surface area contributed by atoms with E-state index in [9.17, 15) is 9.90 Å². The Morgan fingerprint density at radius 2 is 2.00 bits per heavy atom. The highest BCUT2D eigenvalue weighted by atomic mass is 32.1. The van der Waals surface area contributed by atoms with Gasteiger partial charge in [-0.25, -0.2) is 0 Å². The van der Waals surface area contributed by atoms with Crippen LogP contribution in [-0.2, 0) is 6.42 Å². The summed E-state index contributed by atoms with van der Waals surface area (Å²) >= 11 is 1.05. The molecule has 1 aromatic heterocycles. The van der Waals surface area contributed by atoms with Crippen LogP contribution in [0, 0.1) is 6.92 Å². The van der Waals surface area contributed by atoms with Gasteiger partial charge in [0.15, 0.2) is 0 Å². The molecule has 4 heteroatoms. The van der Waals surface area contributed by atoms with Gasteiger partial charge in [0, 0.05) is 6.42 Å². The average molecular weight is 221 g/mol. The van der Waals surface area contributed by atoms with Crippen molar-refractivity contribution in [3.8, 4) is 5.88 Å². The van der Waals surface area contributed by atoms with Crippen molar-refractivity contribution in [2.75, 3.05) is 0 Å². The number of H-pyrrole nitrogens is 1. The third kappa shape index (κ3) is 2.27. The molecule has 0 aliphatic rings. The van der Waals surface area contributed by atoms with Gasteiger partial charge in [-0.1, -0.05) is 41.2 Å². The Labute approximate surface area is 91.0 Å². The number of hydrogen-bond acceptors (Lipinski definition) is 3. The van der Waals surface area contributed by atoms with Crippen LogP contribution in [0.15, 0.2) is 29.1 Å². The van der Waals surface area contributed by atoms with Crippen molar-refractivity contribution in [2.45, 2.75) is 13.3 Å². The van der Waals surface area contributed by atoms with Crippen molar-refractivity contribution in [3.63, 3.8) is 0 Å². The van der Waals surface area contributed by atoms with Gasteiger partial charge in [-0.3, -0.25) is 9.78 Å². The van der Waals surface area contributed by atoms with Gasteiger partial charge in [0.1, 0.15) is 0 Å². The number of thiazole rings is 1. The van der Waals surface area contributed by atoms with Crippen LogP contribution in [0.4, 0.5) is 0 Å². The molecular weight excluding hydrogens is 210 g/mol. The smallest absolute Gasteiger partial charge is 0.307 e. The van der Waals surface area contributed by atoms with Crippen molar-refractivity contribution in [1.29, 1.82) is 0 Å². The summed E-state index contributed by atoms with van der Waals surface area (Å²) in [5.41, 5.74) is 2.29. The van der Waals surface area contributed by atoms with E-state index in [0.29, 0.717) is 11.3 Å². The Bertz CT molecular complexity index is 510. The zero-order valence-electron chi connectivity index (χ0n) is 8.28. The van der Waals surface area contributed by atoms with E-state index in [0.717, 1.165) is 16.9 Å². The van der Waals surface area contributed by atoms with Crippen LogP contribution in [0.5, 0.6) is 5.88 Å². The first kappa shape index (κ1) is 9.98. The SMILES string of the molecule is Cc1ccc(Cc2sc(=O)[nH]c2O)cc1. The molecule has 2 rings (SSSR count). The molecule has 1 aromatic carbocycles. The van der Waals surface area contributed by atoms with Gasteiger partial charge in [-0.2, -0.15) is 0 Å². The van der Waals surface area contributed by atoms with E-state index in [1.807, 2.05) is 31.2 Å². The number of rotatable bonds is 2. The van der Waals surface area contributed by atoms with Crippen LogP contribution in [0.2, 0.25) is 0 Å². The third-order valence-electron chi connectivity index (χ3n) is 2.19. The van der Waals surface area contributed by atoms with Crippen LogP contribution < -0.4 is 4.87 Å². The van der Waals surface area contributed by atoms with E-state index < -0.39 is 0 Å². The maximum Gasteiger partial charge on any atom is 0.307 e. The van der Waals surface area contributed by atoms with Gasteiger partial charge >= 0.3 is 4.87 Å². The minimum absolute atomic E-state index is 0.00873. The van der Waals surface area contributed by atoms with Crippen LogP contribution in [0.3, 0.4) is 0 Å². The monoisotopic (exact) mass is 221 g/mol. The molecule has 0 aliphatic carbocycles. The summed E-state index contributed by atoms with van der Waals surface area (Å²) in [6, 6.07) is 8.03. The quantitative estimate of drug-likeness (QED) is 0.815. The average Bonchev–Trinajstić information content (AvgIpc) is 2.49. The number of aromatic amines is 1.